The lowest BCUT2D eigenvalue weighted by atomic mass is 9.97. The number of alkyl halides is 1. The molecule has 2 atom stereocenters. The van der Waals surface area contributed by atoms with Gasteiger partial charge in [-0.3, -0.25) is 0 Å². The van der Waals surface area contributed by atoms with Gasteiger partial charge in [0.15, 0.2) is 6.17 Å². The Labute approximate surface area is 89.4 Å². The molecule has 0 saturated carbocycles. The van der Waals surface area contributed by atoms with Crippen LogP contribution in [0, 0.1) is 0 Å². The van der Waals surface area contributed by atoms with E-state index in [1.807, 2.05) is 5.32 Å². The number of ether oxygens (including phenoxy) is 1. The van der Waals surface area contributed by atoms with E-state index in [9.17, 15) is 18.4 Å². The number of nitrogens with one attached hydrogen (secondary N) is 1. The van der Waals surface area contributed by atoms with E-state index in [0.29, 0.717) is 0 Å². The summed E-state index contributed by atoms with van der Waals surface area (Å²) in [5.41, 5.74) is -1.01. The Morgan fingerprint density at radius 3 is 2.69 bits per heavy atom. The van der Waals surface area contributed by atoms with E-state index in [1.54, 1.807) is 0 Å². The fourth-order valence-corrected chi connectivity index (χ4v) is 1.22. The Hall–Kier alpha value is -1.92. The number of carbonyl (C=O) groups is 2. The summed E-state index contributed by atoms with van der Waals surface area (Å²) in [6, 6.07) is -1.25. The van der Waals surface area contributed by atoms with Gasteiger partial charge in [0, 0.05) is 0 Å². The van der Waals surface area contributed by atoms with Crippen molar-refractivity contribution in [2.75, 3.05) is 7.11 Å². The molecule has 5 nitrogen and oxygen atoms in total. The fraction of sp³-hybridized carbons (Fsp3) is 0.333. The zero-order chi connectivity index (χ0) is 12.3. The summed E-state index contributed by atoms with van der Waals surface area (Å²) in [6.07, 6.45) is -1.27. The molecule has 7 heteroatoms. The van der Waals surface area contributed by atoms with Crippen molar-refractivity contribution >= 4 is 12.1 Å². The molecule has 16 heavy (non-hydrogen) atoms. The van der Waals surface area contributed by atoms with Crippen LogP contribution in [-0.4, -0.2) is 36.5 Å². The fourth-order valence-electron chi connectivity index (χ4n) is 1.22. The molecule has 1 rings (SSSR count). The first-order chi connectivity index (χ1) is 7.47. The number of hydrogen-bond acceptors (Lipinski definition) is 3. The number of halogens is 2. The molecular formula is C9H9F2NO4. The maximum atomic E-state index is 13.5. The summed E-state index contributed by atoms with van der Waals surface area (Å²) >= 11 is 0. The lowest BCUT2D eigenvalue weighted by Crippen LogP contribution is -2.43. The van der Waals surface area contributed by atoms with Crippen molar-refractivity contribution in [3.05, 3.63) is 23.6 Å². The number of alkyl carbamates (subject to hydrolysis) is 1. The quantitative estimate of drug-likeness (QED) is 0.743. The Morgan fingerprint density at radius 1 is 1.56 bits per heavy atom. The van der Waals surface area contributed by atoms with Crippen LogP contribution in [-0.2, 0) is 9.53 Å². The summed E-state index contributed by atoms with van der Waals surface area (Å²) in [6.45, 7) is 0. The summed E-state index contributed by atoms with van der Waals surface area (Å²) < 4.78 is 30.7. The highest BCUT2D eigenvalue weighted by Crippen LogP contribution is 2.24. The highest BCUT2D eigenvalue weighted by molar-refractivity contribution is 5.89. The molecule has 0 aromatic carbocycles. The first-order valence-corrected chi connectivity index (χ1v) is 4.27. The average Bonchev–Trinajstić information content (AvgIpc) is 2.21. The molecule has 2 N–H and O–H groups in total. The van der Waals surface area contributed by atoms with E-state index in [2.05, 4.69) is 4.74 Å². The molecular weight excluding hydrogens is 224 g/mol. The van der Waals surface area contributed by atoms with Crippen LogP contribution in [0.5, 0.6) is 0 Å². The van der Waals surface area contributed by atoms with E-state index in [1.165, 1.54) is 0 Å². The van der Waals surface area contributed by atoms with Gasteiger partial charge < -0.3 is 15.2 Å². The Morgan fingerprint density at radius 2 is 2.19 bits per heavy atom. The van der Waals surface area contributed by atoms with Gasteiger partial charge in [0.25, 0.3) is 0 Å². The van der Waals surface area contributed by atoms with Crippen molar-refractivity contribution < 1.29 is 28.2 Å². The summed E-state index contributed by atoms with van der Waals surface area (Å²) in [5.74, 6) is -2.87. The van der Waals surface area contributed by atoms with Gasteiger partial charge in [-0.15, -0.1) is 0 Å². The first-order valence-electron chi connectivity index (χ1n) is 4.27. The van der Waals surface area contributed by atoms with Gasteiger partial charge >= 0.3 is 12.1 Å². The van der Waals surface area contributed by atoms with Crippen LogP contribution in [0.25, 0.3) is 0 Å². The topological polar surface area (TPSA) is 75.6 Å². The van der Waals surface area contributed by atoms with Crippen LogP contribution >= 0.6 is 0 Å². The summed E-state index contributed by atoms with van der Waals surface area (Å²) in [7, 11) is 1.07. The predicted octanol–water partition coefficient (Wildman–Crippen LogP) is 0.927. The van der Waals surface area contributed by atoms with Gasteiger partial charge in [-0.25, -0.2) is 18.4 Å². The lowest BCUT2D eigenvalue weighted by molar-refractivity contribution is -0.133. The number of carboxylic acid groups (broad SMARTS) is 1. The average molecular weight is 233 g/mol. The number of aliphatic carboxylic acids is 1. The number of allylic oxidation sites excluding steroid dienone is 2. The van der Waals surface area contributed by atoms with E-state index < -0.39 is 35.7 Å². The normalized spacial score (nSPS) is 24.2. The van der Waals surface area contributed by atoms with Crippen LogP contribution in [0.3, 0.4) is 0 Å². The number of methoxy groups -OCH3 is 1. The SMILES string of the molecule is COC(=O)NC1C=CC(F)=C(C(=O)O)C1F. The second-order valence-electron chi connectivity index (χ2n) is 2.99. The second-order valence-corrected chi connectivity index (χ2v) is 2.99. The molecule has 0 saturated heterocycles. The number of rotatable bonds is 2. The van der Waals surface area contributed by atoms with Crippen molar-refractivity contribution in [2.24, 2.45) is 0 Å². The molecule has 2 unspecified atom stereocenters. The van der Waals surface area contributed by atoms with E-state index >= 15 is 0 Å². The van der Waals surface area contributed by atoms with E-state index in [0.717, 1.165) is 19.3 Å². The molecule has 0 aliphatic heterocycles. The van der Waals surface area contributed by atoms with E-state index in [-0.39, 0.29) is 0 Å². The van der Waals surface area contributed by atoms with Gasteiger partial charge in [-0.2, -0.15) is 0 Å². The molecule has 0 bridgehead atoms. The zero-order valence-corrected chi connectivity index (χ0v) is 8.24. The van der Waals surface area contributed by atoms with Gasteiger partial charge in [0.1, 0.15) is 11.4 Å². The maximum absolute atomic E-state index is 13.5. The molecule has 1 aliphatic rings. The monoisotopic (exact) mass is 233 g/mol. The number of hydrogen-bond donors (Lipinski definition) is 2. The molecule has 0 radical (unpaired) electrons. The van der Waals surface area contributed by atoms with Crippen LogP contribution in [0.2, 0.25) is 0 Å². The highest BCUT2D eigenvalue weighted by Gasteiger charge is 2.34. The largest absolute Gasteiger partial charge is 0.478 e. The zero-order valence-electron chi connectivity index (χ0n) is 8.24. The van der Waals surface area contributed by atoms with Crippen molar-refractivity contribution in [1.29, 1.82) is 0 Å². The minimum atomic E-state index is -2.15. The first kappa shape index (κ1) is 12.2. The lowest BCUT2D eigenvalue weighted by Gasteiger charge is -2.22. The van der Waals surface area contributed by atoms with Crippen LogP contribution in [0.15, 0.2) is 23.6 Å². The van der Waals surface area contributed by atoms with Gasteiger partial charge in [0.2, 0.25) is 0 Å². The van der Waals surface area contributed by atoms with Gasteiger partial charge in [-0.05, 0) is 6.08 Å². The molecule has 0 aromatic heterocycles. The Kier molecular flexibility index (Phi) is 3.60. The standard InChI is InChI=1S/C9H9F2NO4/c1-16-9(15)12-5-3-2-4(10)6(7(5)11)8(13)14/h2-3,5,7H,1H3,(H,12,15)(H,13,14). The van der Waals surface area contributed by atoms with Gasteiger partial charge in [-0.1, -0.05) is 6.08 Å². The third-order valence-corrected chi connectivity index (χ3v) is 2.00. The number of amides is 1. The number of carbonyl (C=O) groups excluding carboxylic acids is 1. The third-order valence-electron chi connectivity index (χ3n) is 2.00. The predicted molar refractivity (Wildman–Crippen MR) is 49.1 cm³/mol. The van der Waals surface area contributed by atoms with Crippen LogP contribution in [0.4, 0.5) is 13.6 Å². The van der Waals surface area contributed by atoms with Crippen molar-refractivity contribution in [1.82, 2.24) is 5.32 Å². The van der Waals surface area contributed by atoms with Crippen LogP contribution < -0.4 is 5.32 Å². The minimum absolute atomic E-state index is 0.792. The molecule has 0 fully saturated rings. The molecule has 88 valence electrons. The third kappa shape index (κ3) is 2.36. The Bertz CT molecular complexity index is 378. The number of carboxylic acids is 1. The van der Waals surface area contributed by atoms with Crippen molar-refractivity contribution in [3.63, 3.8) is 0 Å². The van der Waals surface area contributed by atoms with Crippen molar-refractivity contribution in [3.8, 4) is 0 Å². The van der Waals surface area contributed by atoms with Crippen LogP contribution in [0.1, 0.15) is 0 Å². The second kappa shape index (κ2) is 4.73. The maximum Gasteiger partial charge on any atom is 0.407 e. The van der Waals surface area contributed by atoms with Crippen molar-refractivity contribution in [2.45, 2.75) is 12.2 Å². The molecule has 0 spiro atoms. The minimum Gasteiger partial charge on any atom is -0.478 e. The molecule has 0 aromatic rings. The smallest absolute Gasteiger partial charge is 0.407 e. The van der Waals surface area contributed by atoms with E-state index in [4.69, 9.17) is 5.11 Å². The highest BCUT2D eigenvalue weighted by atomic mass is 19.1. The molecule has 0 heterocycles. The Balaban J connectivity index is 2.86. The summed E-state index contributed by atoms with van der Waals surface area (Å²) in [4.78, 5) is 21.4. The van der Waals surface area contributed by atoms with Gasteiger partial charge in [0.05, 0.1) is 13.2 Å². The molecule has 1 amide bonds. The summed E-state index contributed by atoms with van der Waals surface area (Å²) in [5, 5.41) is 10.6. The molecule has 1 aliphatic carbocycles.